The molecule has 0 aliphatic heterocycles. The summed E-state index contributed by atoms with van der Waals surface area (Å²) in [4.78, 5) is 72.8. The van der Waals surface area contributed by atoms with Crippen molar-refractivity contribution >= 4 is 39.5 Å². The molecule has 0 aromatic heterocycles. The number of aliphatic hydroxyl groups excluding tert-OH is 1. The molecule has 0 heterocycles. The molecule has 4 unspecified atom stereocenters. The van der Waals surface area contributed by atoms with E-state index in [0.29, 0.717) is 31.6 Å². The van der Waals surface area contributed by atoms with E-state index in [-0.39, 0.29) is 25.7 Å². The van der Waals surface area contributed by atoms with E-state index >= 15 is 0 Å². The first-order chi connectivity index (χ1) is 46.8. The topological polar surface area (TPSA) is 237 Å². The fourth-order valence-corrected chi connectivity index (χ4v) is 13.5. The van der Waals surface area contributed by atoms with Crippen LogP contribution in [0.25, 0.3) is 0 Å². The van der Waals surface area contributed by atoms with E-state index < -0.39 is 97.5 Å². The highest BCUT2D eigenvalue weighted by molar-refractivity contribution is 7.47. The minimum Gasteiger partial charge on any atom is -0.462 e. The van der Waals surface area contributed by atoms with Gasteiger partial charge >= 0.3 is 39.5 Å². The number of esters is 4. The van der Waals surface area contributed by atoms with Crippen molar-refractivity contribution in [3.05, 3.63) is 0 Å². The summed E-state index contributed by atoms with van der Waals surface area (Å²) in [5.74, 6) is 0.128. The van der Waals surface area contributed by atoms with Crippen molar-refractivity contribution < 1.29 is 80.2 Å². The summed E-state index contributed by atoms with van der Waals surface area (Å²) in [6, 6.07) is 0. The predicted molar refractivity (Wildman–Crippen MR) is 395 cm³/mol. The maximum Gasteiger partial charge on any atom is 0.472 e. The smallest absolute Gasteiger partial charge is 0.462 e. The largest absolute Gasteiger partial charge is 0.472 e. The van der Waals surface area contributed by atoms with Gasteiger partial charge in [0.15, 0.2) is 12.2 Å². The van der Waals surface area contributed by atoms with Gasteiger partial charge in [-0.15, -0.1) is 0 Å². The molecule has 19 heteroatoms. The summed E-state index contributed by atoms with van der Waals surface area (Å²) in [5, 5.41) is 10.6. The highest BCUT2D eigenvalue weighted by Gasteiger charge is 2.30. The second kappa shape index (κ2) is 68.5. The van der Waals surface area contributed by atoms with Gasteiger partial charge in [0.1, 0.15) is 19.3 Å². The molecule has 0 aliphatic rings. The number of rotatable bonds is 76. The van der Waals surface area contributed by atoms with E-state index in [0.717, 1.165) is 108 Å². The van der Waals surface area contributed by atoms with Crippen LogP contribution in [-0.4, -0.2) is 96.7 Å². The normalized spacial score (nSPS) is 14.6. The van der Waals surface area contributed by atoms with Crippen molar-refractivity contribution in [3.63, 3.8) is 0 Å². The summed E-state index contributed by atoms with van der Waals surface area (Å²) in [7, 11) is -9.91. The molecule has 17 nitrogen and oxygen atoms in total. The lowest BCUT2D eigenvalue weighted by atomic mass is 9.99. The molecule has 0 amide bonds. The minimum atomic E-state index is -4.96. The average molecular weight is 1420 g/mol. The molecule has 0 saturated heterocycles. The van der Waals surface area contributed by atoms with Gasteiger partial charge in [-0.1, -0.05) is 350 Å². The molecular weight excluding hydrogens is 1270 g/mol. The molecule has 576 valence electrons. The first kappa shape index (κ1) is 95.1. The van der Waals surface area contributed by atoms with Crippen molar-refractivity contribution in [2.45, 2.75) is 420 Å². The second-order valence-electron chi connectivity index (χ2n) is 29.1. The van der Waals surface area contributed by atoms with Crippen LogP contribution in [0.4, 0.5) is 0 Å². The zero-order valence-electron chi connectivity index (χ0n) is 63.5. The highest BCUT2D eigenvalue weighted by Crippen LogP contribution is 2.45. The maximum absolute atomic E-state index is 13.1. The molecule has 0 rings (SSSR count). The van der Waals surface area contributed by atoms with Crippen LogP contribution in [0, 0.1) is 17.8 Å². The summed E-state index contributed by atoms with van der Waals surface area (Å²) in [6.45, 7) is 11.8. The minimum absolute atomic E-state index is 0.102. The third kappa shape index (κ3) is 69.5. The number of ether oxygens (including phenoxy) is 4. The van der Waals surface area contributed by atoms with Gasteiger partial charge in [-0.25, -0.2) is 9.13 Å². The van der Waals surface area contributed by atoms with Gasteiger partial charge in [-0.2, -0.15) is 0 Å². The molecule has 0 saturated carbocycles. The zero-order valence-corrected chi connectivity index (χ0v) is 65.3. The van der Waals surface area contributed by atoms with Gasteiger partial charge in [-0.3, -0.25) is 37.3 Å². The third-order valence-electron chi connectivity index (χ3n) is 18.9. The lowest BCUT2D eigenvalue weighted by molar-refractivity contribution is -0.161. The van der Waals surface area contributed by atoms with Gasteiger partial charge in [-0.05, 0) is 43.4 Å². The van der Waals surface area contributed by atoms with Crippen LogP contribution in [0.5, 0.6) is 0 Å². The molecule has 97 heavy (non-hydrogen) atoms. The molecule has 0 fully saturated rings. The fourth-order valence-electron chi connectivity index (χ4n) is 11.9. The van der Waals surface area contributed by atoms with Gasteiger partial charge in [0.05, 0.1) is 26.4 Å². The number of hydrogen-bond donors (Lipinski definition) is 3. The van der Waals surface area contributed by atoms with Gasteiger partial charge in [0, 0.05) is 25.7 Å². The zero-order chi connectivity index (χ0) is 71.6. The molecule has 0 aromatic carbocycles. The number of carbonyl (C=O) groups excluding carboxylic acids is 4. The molecule has 7 atom stereocenters. The number of phosphoric acid groups is 2. The van der Waals surface area contributed by atoms with Gasteiger partial charge < -0.3 is 33.8 Å². The summed E-state index contributed by atoms with van der Waals surface area (Å²) < 4.78 is 68.5. The Hall–Kier alpha value is -1.94. The molecule has 0 radical (unpaired) electrons. The van der Waals surface area contributed by atoms with Crippen LogP contribution in [0.3, 0.4) is 0 Å². The fraction of sp³-hybridized carbons (Fsp3) is 0.949. The average Bonchev–Trinajstić information content (AvgIpc) is 1.26. The van der Waals surface area contributed by atoms with Gasteiger partial charge in [0.25, 0.3) is 0 Å². The lowest BCUT2D eigenvalue weighted by Crippen LogP contribution is -2.30. The Labute approximate surface area is 594 Å². The van der Waals surface area contributed by atoms with Crippen LogP contribution in [0.1, 0.15) is 402 Å². The van der Waals surface area contributed by atoms with E-state index in [1.54, 1.807) is 0 Å². The quantitative estimate of drug-likeness (QED) is 0.0222. The number of hydrogen-bond acceptors (Lipinski definition) is 15. The second-order valence-corrected chi connectivity index (χ2v) is 32.0. The lowest BCUT2D eigenvalue weighted by Gasteiger charge is -2.21. The van der Waals surface area contributed by atoms with Crippen LogP contribution in [0.2, 0.25) is 0 Å². The number of unbranched alkanes of at least 4 members (excludes halogenated alkanes) is 42. The highest BCUT2D eigenvalue weighted by atomic mass is 31.2. The van der Waals surface area contributed by atoms with E-state index in [9.17, 15) is 43.2 Å². The Kier molecular flexibility index (Phi) is 67.1. The van der Waals surface area contributed by atoms with Crippen molar-refractivity contribution in [2.24, 2.45) is 17.8 Å². The Morgan fingerprint density at radius 3 is 0.784 bits per heavy atom. The Morgan fingerprint density at radius 1 is 0.299 bits per heavy atom. The van der Waals surface area contributed by atoms with E-state index in [2.05, 4.69) is 48.5 Å². The molecular formula is C78H152O17P2. The summed E-state index contributed by atoms with van der Waals surface area (Å²) >= 11 is 0. The first-order valence-corrected chi connectivity index (χ1v) is 43.4. The number of phosphoric ester groups is 2. The summed E-state index contributed by atoms with van der Waals surface area (Å²) in [6.07, 6.45) is 55.8. The van der Waals surface area contributed by atoms with E-state index in [1.165, 1.54) is 205 Å². The maximum atomic E-state index is 13.1. The SMILES string of the molecule is CCCCCCCCCCCCCCCCCCCCCCC(=O)O[C@H](COC(=O)CCCCCCCCCCCCCCCCC(C)CC)COP(=O)(O)OC[C@@H](O)COP(=O)(O)OC[C@@H](COC(=O)CCCCCCCCC(C)C)OC(=O)CCCCCCCCC(C)CC. The van der Waals surface area contributed by atoms with Crippen LogP contribution < -0.4 is 0 Å². The molecule has 3 N–H and O–H groups in total. The monoisotopic (exact) mass is 1420 g/mol. The molecule has 0 aromatic rings. The van der Waals surface area contributed by atoms with Crippen molar-refractivity contribution in [1.29, 1.82) is 0 Å². The molecule has 0 aliphatic carbocycles. The van der Waals surface area contributed by atoms with E-state index in [1.807, 2.05) is 0 Å². The third-order valence-corrected chi connectivity index (χ3v) is 20.8. The van der Waals surface area contributed by atoms with Crippen LogP contribution in [-0.2, 0) is 65.4 Å². The Bertz CT molecular complexity index is 1890. The number of carbonyl (C=O) groups is 4. The molecule has 0 spiro atoms. The van der Waals surface area contributed by atoms with E-state index in [4.69, 9.17) is 37.0 Å². The van der Waals surface area contributed by atoms with Crippen LogP contribution >= 0.6 is 15.6 Å². The standard InChI is InChI=1S/C78H152O17P2/c1-8-11-12-13-14-15-16-17-18-19-20-21-22-23-28-31-34-37-47-54-61-77(82)94-73(65-88-75(80)59-52-45-36-33-30-27-25-24-26-29-32-35-43-50-57-70(6)9-2)67-92-96(84,85)90-63-72(79)64-91-97(86,87)93-68-74(66-89-76(81)60-53-46-40-38-42-49-56-69(4)5)95-78(83)62-55-48-41-39-44-51-58-71(7)10-3/h69-74,79H,8-68H2,1-7H3,(H,84,85)(H,86,87)/t70?,71?,72-,73-,74-/m1/s1. The van der Waals surface area contributed by atoms with Crippen molar-refractivity contribution in [3.8, 4) is 0 Å². The Balaban J connectivity index is 5.20. The van der Waals surface area contributed by atoms with Gasteiger partial charge in [0.2, 0.25) is 0 Å². The van der Waals surface area contributed by atoms with Crippen molar-refractivity contribution in [1.82, 2.24) is 0 Å². The van der Waals surface area contributed by atoms with Crippen LogP contribution in [0.15, 0.2) is 0 Å². The first-order valence-electron chi connectivity index (χ1n) is 40.4. The Morgan fingerprint density at radius 2 is 0.526 bits per heavy atom. The summed E-state index contributed by atoms with van der Waals surface area (Å²) in [5.41, 5.74) is 0. The predicted octanol–water partition coefficient (Wildman–Crippen LogP) is 23.0. The molecule has 0 bridgehead atoms. The van der Waals surface area contributed by atoms with Crippen molar-refractivity contribution in [2.75, 3.05) is 39.6 Å². The number of aliphatic hydroxyl groups is 1.